The summed E-state index contributed by atoms with van der Waals surface area (Å²) in [5.74, 6) is -0.767. The van der Waals surface area contributed by atoms with Crippen molar-refractivity contribution in [3.63, 3.8) is 0 Å². The van der Waals surface area contributed by atoms with Crippen molar-refractivity contribution < 1.29 is 13.3 Å². The highest BCUT2D eigenvalue weighted by atomic mass is 127. The summed E-state index contributed by atoms with van der Waals surface area (Å²) in [6.07, 6.45) is 0. The summed E-state index contributed by atoms with van der Waals surface area (Å²) in [7, 11) is 0. The molecule has 0 bridgehead atoms. The van der Waals surface area contributed by atoms with E-state index in [1.165, 1.54) is 0 Å². The lowest BCUT2D eigenvalue weighted by atomic mass is 10.3. The smallest absolute Gasteiger partial charge is 0.449 e. The topological polar surface area (TPSA) is 56.5 Å². The fourth-order valence-electron chi connectivity index (χ4n) is 1.62. The first-order chi connectivity index (χ1) is 9.15. The minimum atomic E-state index is -0.767. The van der Waals surface area contributed by atoms with Gasteiger partial charge in [-0.2, -0.15) is 0 Å². The molecule has 0 saturated heterocycles. The maximum atomic E-state index is 11.7. The average molecular weight is 480 g/mol. The van der Waals surface area contributed by atoms with Crippen LogP contribution in [-0.4, -0.2) is 0 Å². The molecule has 0 radical (unpaired) electrons. The summed E-state index contributed by atoms with van der Waals surface area (Å²) in [6, 6.07) is 10.6. The van der Waals surface area contributed by atoms with Crippen molar-refractivity contribution in [2.45, 2.75) is 0 Å². The van der Waals surface area contributed by atoms with Gasteiger partial charge in [-0.1, -0.05) is 12.1 Å². The van der Waals surface area contributed by atoms with Crippen molar-refractivity contribution in [1.29, 1.82) is 0 Å². The van der Waals surface area contributed by atoms with E-state index in [0.717, 1.165) is 7.14 Å². The third-order valence-electron chi connectivity index (χ3n) is 2.46. The van der Waals surface area contributed by atoms with Crippen molar-refractivity contribution in [2.75, 3.05) is 0 Å². The molecule has 0 saturated carbocycles. The second kappa shape index (κ2) is 5.16. The first-order valence-corrected chi connectivity index (χ1v) is 7.45. The van der Waals surface area contributed by atoms with Crippen LogP contribution in [0.4, 0.5) is 0 Å². The Balaban J connectivity index is 2.60. The monoisotopic (exact) mass is 480 g/mol. The lowest BCUT2D eigenvalue weighted by Gasteiger charge is -2.00. The summed E-state index contributed by atoms with van der Waals surface area (Å²) >= 11 is 4.27. The summed E-state index contributed by atoms with van der Waals surface area (Å²) in [5.41, 5.74) is 1.70. The van der Waals surface area contributed by atoms with Gasteiger partial charge in [0.2, 0.25) is 0 Å². The molecule has 3 aromatic rings. The number of rotatable bonds is 0. The number of fused-ring (bicyclic) bond motifs is 2. The third kappa shape index (κ3) is 2.50. The first-order valence-electron chi connectivity index (χ1n) is 5.29. The van der Waals surface area contributed by atoms with Crippen molar-refractivity contribution in [3.8, 4) is 0 Å². The van der Waals surface area contributed by atoms with Gasteiger partial charge in [-0.05, 0) is 69.4 Å². The van der Waals surface area contributed by atoms with Crippen LogP contribution in [0.5, 0.6) is 0 Å². The van der Waals surface area contributed by atoms with Crippen LogP contribution in [0.3, 0.4) is 0 Å². The molecule has 0 fully saturated rings. The lowest BCUT2D eigenvalue weighted by molar-refractivity contribution is 0.367. The highest BCUT2D eigenvalue weighted by Crippen LogP contribution is 2.25. The molecule has 3 rings (SSSR count). The Kier molecular flexibility index (Phi) is 3.52. The third-order valence-corrected chi connectivity index (χ3v) is 5.46. The maximum absolute atomic E-state index is 11.7. The van der Waals surface area contributed by atoms with Gasteiger partial charge in [0.1, 0.15) is 0 Å². The average Bonchev–Trinajstić information content (AvgIpc) is 2.38. The minimum Gasteiger partial charge on any atom is -0.449 e. The number of para-hydroxylation sites is 2. The standard InChI is InChI=1S/C13H6I2O4/c14-7-5-6-10-12(11(7)15)19-13(16)18-9-4-2-1-3-8(9)17-10/h1-6H. The fourth-order valence-corrected chi connectivity index (χ4v) is 2.60. The molecular weight excluding hydrogens is 474 g/mol. The van der Waals surface area contributed by atoms with Crippen LogP contribution in [0.2, 0.25) is 0 Å². The van der Waals surface area contributed by atoms with Crippen molar-refractivity contribution in [2.24, 2.45) is 0 Å². The molecule has 0 aliphatic carbocycles. The van der Waals surface area contributed by atoms with Crippen LogP contribution in [0.25, 0.3) is 22.3 Å². The highest BCUT2D eigenvalue weighted by molar-refractivity contribution is 14.1. The Morgan fingerprint density at radius 3 is 2.21 bits per heavy atom. The van der Waals surface area contributed by atoms with E-state index in [9.17, 15) is 4.79 Å². The van der Waals surface area contributed by atoms with Crippen molar-refractivity contribution >= 4 is 67.5 Å². The first kappa shape index (κ1) is 13.0. The van der Waals surface area contributed by atoms with Crippen LogP contribution < -0.4 is 5.82 Å². The Morgan fingerprint density at radius 1 is 0.789 bits per heavy atom. The molecule has 2 aromatic carbocycles. The Morgan fingerprint density at radius 2 is 1.47 bits per heavy atom. The molecule has 0 amide bonds. The van der Waals surface area contributed by atoms with Gasteiger partial charge in [-0.15, -0.1) is 0 Å². The van der Waals surface area contributed by atoms with E-state index in [-0.39, 0.29) is 0 Å². The fraction of sp³-hybridized carbons (Fsp3) is 0. The van der Waals surface area contributed by atoms with Gasteiger partial charge in [0, 0.05) is 3.57 Å². The molecule has 0 aliphatic heterocycles. The van der Waals surface area contributed by atoms with Gasteiger partial charge >= 0.3 is 5.82 Å². The Hall–Kier alpha value is -1.03. The highest BCUT2D eigenvalue weighted by Gasteiger charge is 2.08. The molecule has 1 aromatic heterocycles. The summed E-state index contributed by atoms with van der Waals surface area (Å²) in [5, 5.41) is 0. The predicted octanol–water partition coefficient (Wildman–Crippen LogP) is 4.47. The normalized spacial score (nSPS) is 10.8. The SMILES string of the molecule is O=c1oc2ccccc2oc2ccc(I)c(I)c2o1. The van der Waals surface area contributed by atoms with Crippen LogP contribution in [0.15, 0.2) is 54.4 Å². The minimum absolute atomic E-state index is 0.340. The molecular formula is C13H6I2O4. The molecule has 6 heteroatoms. The molecule has 4 nitrogen and oxygen atoms in total. The number of halogens is 2. The van der Waals surface area contributed by atoms with Gasteiger partial charge in [-0.3, -0.25) is 0 Å². The van der Waals surface area contributed by atoms with E-state index in [2.05, 4.69) is 45.2 Å². The molecule has 0 aliphatic rings. The molecule has 0 unspecified atom stereocenters. The number of hydrogen-bond donors (Lipinski definition) is 0. The largest absolute Gasteiger partial charge is 0.519 e. The second-order valence-corrected chi connectivity index (χ2v) is 5.93. The van der Waals surface area contributed by atoms with Crippen molar-refractivity contribution in [3.05, 3.63) is 54.2 Å². The van der Waals surface area contributed by atoms with E-state index in [1.807, 2.05) is 12.1 Å². The van der Waals surface area contributed by atoms with Crippen molar-refractivity contribution in [1.82, 2.24) is 0 Å². The number of hydrogen-bond acceptors (Lipinski definition) is 4. The van der Waals surface area contributed by atoms with E-state index in [4.69, 9.17) is 13.3 Å². The zero-order valence-corrected chi connectivity index (χ0v) is 13.7. The molecule has 0 atom stereocenters. The second-order valence-electron chi connectivity index (χ2n) is 3.69. The zero-order chi connectivity index (χ0) is 13.4. The van der Waals surface area contributed by atoms with Gasteiger partial charge < -0.3 is 13.3 Å². The molecule has 0 spiro atoms. The van der Waals surface area contributed by atoms with Gasteiger partial charge in [0.25, 0.3) is 0 Å². The van der Waals surface area contributed by atoms with E-state index >= 15 is 0 Å². The van der Waals surface area contributed by atoms with Crippen LogP contribution in [0.1, 0.15) is 0 Å². The van der Waals surface area contributed by atoms with Gasteiger partial charge in [-0.25, -0.2) is 4.79 Å². The number of benzene rings is 2. The van der Waals surface area contributed by atoms with Crippen LogP contribution >= 0.6 is 45.2 Å². The Bertz CT molecular complexity index is 871. The Labute approximate surface area is 134 Å². The summed E-state index contributed by atoms with van der Waals surface area (Å²) in [4.78, 5) is 11.7. The van der Waals surface area contributed by atoms with Crippen LogP contribution in [0, 0.1) is 7.14 Å². The molecule has 0 N–H and O–H groups in total. The summed E-state index contributed by atoms with van der Waals surface area (Å²) < 4.78 is 17.8. The van der Waals surface area contributed by atoms with Gasteiger partial charge in [0.05, 0.1) is 3.57 Å². The van der Waals surface area contributed by atoms with Gasteiger partial charge in [0.15, 0.2) is 22.3 Å². The maximum Gasteiger partial charge on any atom is 0.519 e. The summed E-state index contributed by atoms with van der Waals surface area (Å²) in [6.45, 7) is 0. The molecule has 96 valence electrons. The van der Waals surface area contributed by atoms with Crippen LogP contribution in [-0.2, 0) is 0 Å². The molecule has 19 heavy (non-hydrogen) atoms. The lowest BCUT2D eigenvalue weighted by Crippen LogP contribution is -1.95. The van der Waals surface area contributed by atoms with E-state index in [0.29, 0.717) is 22.3 Å². The quantitative estimate of drug-likeness (QED) is 0.446. The van der Waals surface area contributed by atoms with E-state index in [1.54, 1.807) is 24.3 Å². The zero-order valence-electron chi connectivity index (χ0n) is 9.35. The predicted molar refractivity (Wildman–Crippen MR) is 87.6 cm³/mol. The van der Waals surface area contributed by atoms with E-state index < -0.39 is 5.82 Å². The molecule has 1 heterocycles.